The van der Waals surface area contributed by atoms with Gasteiger partial charge in [0.2, 0.25) is 0 Å². The maximum absolute atomic E-state index is 11.1. The van der Waals surface area contributed by atoms with Crippen LogP contribution in [0.1, 0.15) is 17.2 Å². The first-order valence-corrected chi connectivity index (χ1v) is 8.99. The number of rotatable bonds is 4. The van der Waals surface area contributed by atoms with Crippen LogP contribution in [-0.2, 0) is 0 Å². The Morgan fingerprint density at radius 3 is 2.56 bits per heavy atom. The molecule has 1 N–H and O–H groups in total. The second kappa shape index (κ2) is 7.53. The number of aliphatic hydroxyl groups excluding tert-OH is 1. The molecule has 0 aliphatic carbocycles. The SMILES string of the molecule is OC(c1cccnc1)c1c(-c2ccccc2Cl)noc1-c1cccc(Cl)c1. The lowest BCUT2D eigenvalue weighted by Gasteiger charge is -2.13. The lowest BCUT2D eigenvalue weighted by atomic mass is 9.95. The first-order valence-electron chi connectivity index (χ1n) is 8.23. The van der Waals surface area contributed by atoms with Gasteiger partial charge >= 0.3 is 0 Å². The molecule has 27 heavy (non-hydrogen) atoms. The van der Waals surface area contributed by atoms with Crippen molar-refractivity contribution in [1.29, 1.82) is 0 Å². The Bertz CT molecular complexity index is 1080. The van der Waals surface area contributed by atoms with Crippen molar-refractivity contribution in [2.45, 2.75) is 6.10 Å². The van der Waals surface area contributed by atoms with Crippen molar-refractivity contribution in [2.75, 3.05) is 0 Å². The van der Waals surface area contributed by atoms with Crippen LogP contribution < -0.4 is 0 Å². The molecule has 0 radical (unpaired) electrons. The van der Waals surface area contributed by atoms with Crippen LogP contribution in [0.5, 0.6) is 0 Å². The van der Waals surface area contributed by atoms with Gasteiger partial charge in [0.05, 0.1) is 10.6 Å². The minimum Gasteiger partial charge on any atom is -0.383 e. The molecule has 134 valence electrons. The predicted octanol–water partition coefficient (Wildman–Crippen LogP) is 5.79. The van der Waals surface area contributed by atoms with Gasteiger partial charge in [-0.2, -0.15) is 0 Å². The van der Waals surface area contributed by atoms with Crippen LogP contribution in [0.25, 0.3) is 22.6 Å². The molecule has 0 aliphatic heterocycles. The average Bonchev–Trinajstić information content (AvgIpc) is 3.13. The molecule has 1 unspecified atom stereocenters. The molecule has 2 aromatic carbocycles. The third-order valence-electron chi connectivity index (χ3n) is 4.22. The second-order valence-electron chi connectivity index (χ2n) is 5.95. The Kier molecular flexibility index (Phi) is 4.94. The Morgan fingerprint density at radius 1 is 0.963 bits per heavy atom. The quantitative estimate of drug-likeness (QED) is 0.473. The molecule has 4 aromatic rings. The lowest BCUT2D eigenvalue weighted by molar-refractivity contribution is 0.220. The molecule has 0 saturated heterocycles. The molecular weight excluding hydrogens is 383 g/mol. The summed E-state index contributed by atoms with van der Waals surface area (Å²) in [4.78, 5) is 4.09. The first kappa shape index (κ1) is 17.7. The molecule has 0 spiro atoms. The number of benzene rings is 2. The summed E-state index contributed by atoms with van der Waals surface area (Å²) in [5.41, 5.74) is 3.00. The van der Waals surface area contributed by atoms with Crippen LogP contribution in [0.2, 0.25) is 10.0 Å². The van der Waals surface area contributed by atoms with Gasteiger partial charge in [0.25, 0.3) is 0 Å². The summed E-state index contributed by atoms with van der Waals surface area (Å²) in [6.07, 6.45) is 2.26. The number of aliphatic hydroxyl groups is 1. The number of pyridine rings is 1. The average molecular weight is 397 g/mol. The Morgan fingerprint density at radius 2 is 1.81 bits per heavy atom. The second-order valence-corrected chi connectivity index (χ2v) is 6.80. The largest absolute Gasteiger partial charge is 0.383 e. The molecular formula is C21H14Cl2N2O2. The fraction of sp³-hybridized carbons (Fsp3) is 0.0476. The molecule has 4 nitrogen and oxygen atoms in total. The van der Waals surface area contributed by atoms with Crippen molar-refractivity contribution in [2.24, 2.45) is 0 Å². The van der Waals surface area contributed by atoms with Crippen LogP contribution in [0.3, 0.4) is 0 Å². The molecule has 0 aliphatic rings. The molecule has 0 saturated carbocycles. The summed E-state index contributed by atoms with van der Waals surface area (Å²) < 4.78 is 5.64. The number of nitrogens with zero attached hydrogens (tertiary/aromatic N) is 2. The third kappa shape index (κ3) is 3.47. The van der Waals surface area contributed by atoms with E-state index < -0.39 is 6.10 Å². The lowest BCUT2D eigenvalue weighted by Crippen LogP contribution is -2.02. The van der Waals surface area contributed by atoms with Gasteiger partial charge in [-0.05, 0) is 24.3 Å². The fourth-order valence-corrected chi connectivity index (χ4v) is 3.36. The van der Waals surface area contributed by atoms with Gasteiger partial charge in [0.1, 0.15) is 11.8 Å². The van der Waals surface area contributed by atoms with Gasteiger partial charge in [0.15, 0.2) is 5.76 Å². The van der Waals surface area contributed by atoms with Crippen molar-refractivity contribution in [3.63, 3.8) is 0 Å². The third-order valence-corrected chi connectivity index (χ3v) is 4.78. The van der Waals surface area contributed by atoms with Crippen LogP contribution in [0.4, 0.5) is 0 Å². The Labute approximate surface area is 166 Å². The van der Waals surface area contributed by atoms with Crippen molar-refractivity contribution >= 4 is 23.2 Å². The zero-order valence-corrected chi connectivity index (χ0v) is 15.5. The topological polar surface area (TPSA) is 59.2 Å². The Balaban J connectivity index is 1.95. The van der Waals surface area contributed by atoms with E-state index in [-0.39, 0.29) is 0 Å². The van der Waals surface area contributed by atoms with Gasteiger partial charge in [-0.15, -0.1) is 0 Å². The van der Waals surface area contributed by atoms with E-state index >= 15 is 0 Å². The summed E-state index contributed by atoms with van der Waals surface area (Å²) in [5.74, 6) is 0.434. The number of hydrogen-bond acceptors (Lipinski definition) is 4. The zero-order chi connectivity index (χ0) is 18.8. The molecule has 2 aromatic heterocycles. The van der Waals surface area contributed by atoms with Gasteiger partial charge < -0.3 is 9.63 Å². The normalized spacial score (nSPS) is 12.1. The van der Waals surface area contributed by atoms with Crippen LogP contribution >= 0.6 is 23.2 Å². The number of hydrogen-bond donors (Lipinski definition) is 1. The van der Waals surface area contributed by atoms with Crippen molar-refractivity contribution in [3.05, 3.63) is 94.2 Å². The van der Waals surface area contributed by atoms with Crippen molar-refractivity contribution < 1.29 is 9.63 Å². The van der Waals surface area contributed by atoms with Gasteiger partial charge in [-0.25, -0.2) is 0 Å². The molecule has 0 amide bonds. The first-order chi connectivity index (χ1) is 13.1. The summed E-state index contributed by atoms with van der Waals surface area (Å²) in [7, 11) is 0. The summed E-state index contributed by atoms with van der Waals surface area (Å²) in [5, 5.41) is 16.4. The maximum atomic E-state index is 11.1. The predicted molar refractivity (Wildman–Crippen MR) is 106 cm³/mol. The zero-order valence-electron chi connectivity index (χ0n) is 14.0. The van der Waals surface area contributed by atoms with Gasteiger partial charge in [-0.3, -0.25) is 4.98 Å². The van der Waals surface area contributed by atoms with E-state index in [0.717, 1.165) is 0 Å². The molecule has 4 rings (SSSR count). The molecule has 0 fully saturated rings. The van der Waals surface area contributed by atoms with E-state index in [0.29, 0.717) is 43.8 Å². The van der Waals surface area contributed by atoms with Gasteiger partial charge in [0, 0.05) is 34.1 Å². The van der Waals surface area contributed by atoms with Crippen LogP contribution in [-0.4, -0.2) is 15.2 Å². The minimum atomic E-state index is -0.995. The smallest absolute Gasteiger partial charge is 0.173 e. The Hall–Kier alpha value is -2.66. The van der Waals surface area contributed by atoms with Crippen LogP contribution in [0, 0.1) is 0 Å². The summed E-state index contributed by atoms with van der Waals surface area (Å²) >= 11 is 12.5. The van der Waals surface area contributed by atoms with Crippen LogP contribution in [0.15, 0.2) is 77.6 Å². The van der Waals surface area contributed by atoms with E-state index in [1.807, 2.05) is 30.3 Å². The van der Waals surface area contributed by atoms with Gasteiger partial charge in [-0.1, -0.05) is 64.8 Å². The highest BCUT2D eigenvalue weighted by molar-refractivity contribution is 6.33. The minimum absolute atomic E-state index is 0.434. The molecule has 6 heteroatoms. The van der Waals surface area contributed by atoms with E-state index in [2.05, 4.69) is 10.1 Å². The molecule has 1 atom stereocenters. The highest BCUT2D eigenvalue weighted by Crippen LogP contribution is 2.41. The van der Waals surface area contributed by atoms with E-state index in [1.54, 1.807) is 42.7 Å². The summed E-state index contributed by atoms with van der Waals surface area (Å²) in [6, 6.07) is 18.1. The fourth-order valence-electron chi connectivity index (χ4n) is 2.94. The van der Waals surface area contributed by atoms with E-state index in [1.165, 1.54) is 0 Å². The van der Waals surface area contributed by atoms with E-state index in [4.69, 9.17) is 27.7 Å². The standard InChI is InChI=1S/C21H14Cl2N2O2/c22-15-7-3-5-13(11-15)21-18(20(26)14-6-4-10-24-12-14)19(25-27-21)16-8-1-2-9-17(16)23/h1-12,20,26H. The van der Waals surface area contributed by atoms with Crippen molar-refractivity contribution in [1.82, 2.24) is 10.1 Å². The number of halogens is 2. The van der Waals surface area contributed by atoms with E-state index in [9.17, 15) is 5.11 Å². The highest BCUT2D eigenvalue weighted by Gasteiger charge is 2.27. The molecule has 0 bridgehead atoms. The monoisotopic (exact) mass is 396 g/mol. The maximum Gasteiger partial charge on any atom is 0.173 e. The number of aromatic nitrogens is 2. The molecule has 2 heterocycles. The highest BCUT2D eigenvalue weighted by atomic mass is 35.5. The summed E-state index contributed by atoms with van der Waals surface area (Å²) in [6.45, 7) is 0. The van der Waals surface area contributed by atoms with Crippen molar-refractivity contribution in [3.8, 4) is 22.6 Å².